The lowest BCUT2D eigenvalue weighted by Crippen LogP contribution is -2.44. The van der Waals surface area contributed by atoms with Crippen molar-refractivity contribution in [3.63, 3.8) is 0 Å². The second-order valence-electron chi connectivity index (χ2n) is 5.69. The van der Waals surface area contributed by atoms with Crippen LogP contribution < -0.4 is 5.32 Å². The molecule has 3 nitrogen and oxygen atoms in total. The molecule has 0 amide bonds. The molecule has 3 heteroatoms. The van der Waals surface area contributed by atoms with E-state index in [0.29, 0.717) is 12.0 Å². The Morgan fingerprint density at radius 3 is 2.76 bits per heavy atom. The molecule has 0 aromatic rings. The lowest BCUT2D eigenvalue weighted by Gasteiger charge is -2.32. The first kappa shape index (κ1) is 14.9. The van der Waals surface area contributed by atoms with Gasteiger partial charge < -0.3 is 15.0 Å². The molecule has 0 bridgehead atoms. The van der Waals surface area contributed by atoms with Crippen molar-refractivity contribution < 1.29 is 4.74 Å². The average Bonchev–Trinajstić information content (AvgIpc) is 2.28. The summed E-state index contributed by atoms with van der Waals surface area (Å²) < 4.78 is 5.55. The van der Waals surface area contributed by atoms with Crippen LogP contribution in [0.15, 0.2) is 0 Å². The van der Waals surface area contributed by atoms with E-state index in [4.69, 9.17) is 4.74 Å². The van der Waals surface area contributed by atoms with Gasteiger partial charge in [-0.25, -0.2) is 0 Å². The summed E-state index contributed by atoms with van der Waals surface area (Å²) in [5.41, 5.74) is 0. The topological polar surface area (TPSA) is 24.5 Å². The summed E-state index contributed by atoms with van der Waals surface area (Å²) in [6.07, 6.45) is 2.72. The highest BCUT2D eigenvalue weighted by atomic mass is 16.5. The maximum atomic E-state index is 5.55. The van der Waals surface area contributed by atoms with E-state index >= 15 is 0 Å². The number of ether oxygens (including phenoxy) is 1. The molecule has 1 heterocycles. The van der Waals surface area contributed by atoms with Crippen LogP contribution in [0.25, 0.3) is 0 Å². The number of hydrogen-bond donors (Lipinski definition) is 1. The Morgan fingerprint density at radius 1 is 1.41 bits per heavy atom. The summed E-state index contributed by atoms with van der Waals surface area (Å²) in [5, 5.41) is 3.69. The third-order valence-corrected chi connectivity index (χ3v) is 3.70. The number of nitrogens with zero attached hydrogens (tertiary/aromatic N) is 1. The summed E-state index contributed by atoms with van der Waals surface area (Å²) in [6.45, 7) is 11.9. The normalized spacial score (nSPS) is 24.2. The van der Waals surface area contributed by atoms with Crippen molar-refractivity contribution in [2.45, 2.75) is 39.7 Å². The third kappa shape index (κ3) is 5.84. The zero-order valence-electron chi connectivity index (χ0n) is 12.0. The predicted molar refractivity (Wildman–Crippen MR) is 73.3 cm³/mol. The molecule has 2 unspecified atom stereocenters. The van der Waals surface area contributed by atoms with Gasteiger partial charge in [0, 0.05) is 19.2 Å². The van der Waals surface area contributed by atoms with Crippen LogP contribution in [0.5, 0.6) is 0 Å². The van der Waals surface area contributed by atoms with Crippen molar-refractivity contribution in [3.8, 4) is 0 Å². The standard InChI is InChI=1S/C14H30N2O/c1-5-17-11-14(12(2)3)15-9-13-7-6-8-16(4)10-13/h12-15H,5-11H2,1-4H3. The van der Waals surface area contributed by atoms with Gasteiger partial charge in [-0.1, -0.05) is 13.8 Å². The molecule has 0 radical (unpaired) electrons. The monoisotopic (exact) mass is 242 g/mol. The van der Waals surface area contributed by atoms with Gasteiger partial charge in [0.05, 0.1) is 6.61 Å². The molecule has 1 fully saturated rings. The molecular formula is C14H30N2O. The smallest absolute Gasteiger partial charge is 0.0621 e. The van der Waals surface area contributed by atoms with Crippen LogP contribution in [0.4, 0.5) is 0 Å². The molecule has 0 spiro atoms. The molecule has 1 rings (SSSR count). The van der Waals surface area contributed by atoms with E-state index in [0.717, 1.165) is 25.7 Å². The lowest BCUT2D eigenvalue weighted by atomic mass is 9.97. The van der Waals surface area contributed by atoms with Gasteiger partial charge in [-0.3, -0.25) is 0 Å². The molecule has 1 saturated heterocycles. The molecule has 2 atom stereocenters. The second kappa shape index (κ2) is 8.06. The first-order valence-corrected chi connectivity index (χ1v) is 7.13. The number of piperidine rings is 1. The highest BCUT2D eigenvalue weighted by molar-refractivity contribution is 4.76. The number of likely N-dealkylation sites (tertiary alicyclic amines) is 1. The molecule has 1 N–H and O–H groups in total. The summed E-state index contributed by atoms with van der Waals surface area (Å²) in [4.78, 5) is 2.45. The Bertz CT molecular complexity index is 197. The summed E-state index contributed by atoms with van der Waals surface area (Å²) >= 11 is 0. The van der Waals surface area contributed by atoms with Crippen molar-refractivity contribution in [1.29, 1.82) is 0 Å². The van der Waals surface area contributed by atoms with Crippen LogP contribution in [0, 0.1) is 11.8 Å². The van der Waals surface area contributed by atoms with Crippen molar-refractivity contribution in [1.82, 2.24) is 10.2 Å². The Labute approximate surface area is 107 Å². The SMILES string of the molecule is CCOCC(NCC1CCCN(C)C1)C(C)C. The van der Waals surface area contributed by atoms with Gasteiger partial charge in [0.2, 0.25) is 0 Å². The van der Waals surface area contributed by atoms with Crippen molar-refractivity contribution in [2.24, 2.45) is 11.8 Å². The van der Waals surface area contributed by atoms with Crippen LogP contribution in [0.2, 0.25) is 0 Å². The van der Waals surface area contributed by atoms with Gasteiger partial charge >= 0.3 is 0 Å². The van der Waals surface area contributed by atoms with Crippen molar-refractivity contribution >= 4 is 0 Å². The molecule has 17 heavy (non-hydrogen) atoms. The maximum Gasteiger partial charge on any atom is 0.0621 e. The van der Waals surface area contributed by atoms with Crippen LogP contribution in [-0.4, -0.2) is 50.8 Å². The Balaban J connectivity index is 2.25. The average molecular weight is 242 g/mol. The fraction of sp³-hybridized carbons (Fsp3) is 1.00. The largest absolute Gasteiger partial charge is 0.380 e. The number of nitrogens with one attached hydrogen (secondary N) is 1. The van der Waals surface area contributed by atoms with E-state index in [2.05, 4.69) is 38.0 Å². The Hall–Kier alpha value is -0.120. The molecule has 0 aromatic heterocycles. The summed E-state index contributed by atoms with van der Waals surface area (Å²) in [6, 6.07) is 0.502. The molecular weight excluding hydrogens is 212 g/mol. The first-order chi connectivity index (χ1) is 8.13. The minimum Gasteiger partial charge on any atom is -0.380 e. The van der Waals surface area contributed by atoms with Crippen LogP contribution in [0.3, 0.4) is 0 Å². The Morgan fingerprint density at radius 2 is 2.18 bits per heavy atom. The van der Waals surface area contributed by atoms with E-state index in [9.17, 15) is 0 Å². The minimum atomic E-state index is 0.502. The van der Waals surface area contributed by atoms with Crippen molar-refractivity contribution in [2.75, 3.05) is 39.9 Å². The van der Waals surface area contributed by atoms with E-state index in [1.807, 2.05) is 0 Å². The van der Waals surface area contributed by atoms with E-state index < -0.39 is 0 Å². The summed E-state index contributed by atoms with van der Waals surface area (Å²) in [7, 11) is 2.23. The fourth-order valence-electron chi connectivity index (χ4n) is 2.49. The van der Waals surface area contributed by atoms with E-state index in [1.54, 1.807) is 0 Å². The lowest BCUT2D eigenvalue weighted by molar-refractivity contribution is 0.103. The third-order valence-electron chi connectivity index (χ3n) is 3.70. The summed E-state index contributed by atoms with van der Waals surface area (Å²) in [5.74, 6) is 1.46. The first-order valence-electron chi connectivity index (χ1n) is 7.13. The molecule has 102 valence electrons. The maximum absolute atomic E-state index is 5.55. The van der Waals surface area contributed by atoms with E-state index in [-0.39, 0.29) is 0 Å². The highest BCUT2D eigenvalue weighted by Crippen LogP contribution is 2.14. The quantitative estimate of drug-likeness (QED) is 0.739. The molecule has 0 aliphatic carbocycles. The van der Waals surface area contributed by atoms with Crippen LogP contribution in [0.1, 0.15) is 33.6 Å². The number of rotatable bonds is 7. The Kier molecular flexibility index (Phi) is 7.09. The van der Waals surface area contributed by atoms with Gasteiger partial charge in [0.25, 0.3) is 0 Å². The molecule has 0 aromatic carbocycles. The zero-order valence-corrected chi connectivity index (χ0v) is 12.0. The van der Waals surface area contributed by atoms with Crippen molar-refractivity contribution in [3.05, 3.63) is 0 Å². The van der Waals surface area contributed by atoms with Gasteiger partial charge in [0.1, 0.15) is 0 Å². The van der Waals surface area contributed by atoms with Gasteiger partial charge in [0.15, 0.2) is 0 Å². The second-order valence-corrected chi connectivity index (χ2v) is 5.69. The van der Waals surface area contributed by atoms with Crippen LogP contribution >= 0.6 is 0 Å². The minimum absolute atomic E-state index is 0.502. The van der Waals surface area contributed by atoms with Gasteiger partial charge in [-0.05, 0) is 51.7 Å². The van der Waals surface area contributed by atoms with Crippen LogP contribution in [-0.2, 0) is 4.74 Å². The number of hydrogen-bond acceptors (Lipinski definition) is 3. The highest BCUT2D eigenvalue weighted by Gasteiger charge is 2.19. The zero-order chi connectivity index (χ0) is 12.7. The van der Waals surface area contributed by atoms with Gasteiger partial charge in [-0.2, -0.15) is 0 Å². The molecule has 0 saturated carbocycles. The predicted octanol–water partition coefficient (Wildman–Crippen LogP) is 1.98. The molecule has 1 aliphatic rings. The fourth-order valence-corrected chi connectivity index (χ4v) is 2.49. The molecule has 1 aliphatic heterocycles. The van der Waals surface area contributed by atoms with E-state index in [1.165, 1.54) is 25.9 Å². The van der Waals surface area contributed by atoms with Gasteiger partial charge in [-0.15, -0.1) is 0 Å².